The lowest BCUT2D eigenvalue weighted by Gasteiger charge is -2.25. The highest BCUT2D eigenvalue weighted by Gasteiger charge is 2.18. The molecule has 5 heteroatoms. The molecule has 0 aromatic heterocycles. The van der Waals surface area contributed by atoms with Crippen LogP contribution in [-0.4, -0.2) is 18.2 Å². The van der Waals surface area contributed by atoms with Gasteiger partial charge in [0.2, 0.25) is 5.91 Å². The molecular formula is C16H23F2NOS. The van der Waals surface area contributed by atoms with Crippen molar-refractivity contribution in [3.05, 3.63) is 29.8 Å². The molecule has 1 aromatic carbocycles. The molecule has 0 fully saturated rings. The second kappa shape index (κ2) is 8.37. The van der Waals surface area contributed by atoms with Crippen LogP contribution in [0, 0.1) is 29.4 Å². The number of carbonyl (C=O) groups is 1. The van der Waals surface area contributed by atoms with Crippen LogP contribution >= 0.6 is 11.8 Å². The number of hydrogen-bond donors (Lipinski definition) is 1. The Bertz CT molecular complexity index is 469. The standard InChI is InChI=1S/C16H23F2NOS/c1-10(2)13(11(3)4)8-19-16(20)9-21-15-6-5-12(17)7-14(15)18/h5-7,10-11,13H,8-9H2,1-4H3,(H,19,20). The largest absolute Gasteiger partial charge is 0.355 e. The average Bonchev–Trinajstić information content (AvgIpc) is 2.37. The molecule has 0 saturated carbocycles. The fraction of sp³-hybridized carbons (Fsp3) is 0.562. The minimum Gasteiger partial charge on any atom is -0.355 e. The SMILES string of the molecule is CC(C)C(CNC(=O)CSc1ccc(F)cc1F)C(C)C. The van der Waals surface area contributed by atoms with E-state index in [1.54, 1.807) is 0 Å². The molecule has 0 aliphatic rings. The van der Waals surface area contributed by atoms with Gasteiger partial charge in [0.05, 0.1) is 5.75 Å². The molecule has 118 valence electrons. The lowest BCUT2D eigenvalue weighted by atomic mass is 9.85. The van der Waals surface area contributed by atoms with Gasteiger partial charge in [-0.15, -0.1) is 11.8 Å². The van der Waals surface area contributed by atoms with E-state index >= 15 is 0 Å². The molecule has 0 heterocycles. The normalized spacial score (nSPS) is 11.5. The Morgan fingerprint density at radius 3 is 2.33 bits per heavy atom. The Morgan fingerprint density at radius 1 is 1.19 bits per heavy atom. The van der Waals surface area contributed by atoms with Gasteiger partial charge in [0, 0.05) is 17.5 Å². The first-order chi connectivity index (χ1) is 9.81. The molecule has 1 aromatic rings. The molecular weight excluding hydrogens is 292 g/mol. The van der Waals surface area contributed by atoms with E-state index in [-0.39, 0.29) is 16.6 Å². The predicted octanol–water partition coefficient (Wildman–Crippen LogP) is 4.10. The second-order valence-corrected chi connectivity index (χ2v) is 6.84. The average molecular weight is 315 g/mol. The van der Waals surface area contributed by atoms with E-state index in [1.165, 1.54) is 12.1 Å². The van der Waals surface area contributed by atoms with Crippen molar-refractivity contribution in [2.45, 2.75) is 32.6 Å². The number of amides is 1. The molecule has 0 aliphatic carbocycles. The van der Waals surface area contributed by atoms with Crippen molar-refractivity contribution in [1.29, 1.82) is 0 Å². The van der Waals surface area contributed by atoms with Crippen molar-refractivity contribution in [2.75, 3.05) is 12.3 Å². The van der Waals surface area contributed by atoms with Gasteiger partial charge >= 0.3 is 0 Å². The van der Waals surface area contributed by atoms with Gasteiger partial charge in [0.1, 0.15) is 11.6 Å². The van der Waals surface area contributed by atoms with Gasteiger partial charge in [-0.3, -0.25) is 4.79 Å². The van der Waals surface area contributed by atoms with Crippen molar-refractivity contribution >= 4 is 17.7 Å². The van der Waals surface area contributed by atoms with E-state index in [0.717, 1.165) is 17.8 Å². The molecule has 1 rings (SSSR count). The predicted molar refractivity (Wildman–Crippen MR) is 83.3 cm³/mol. The summed E-state index contributed by atoms with van der Waals surface area (Å²) >= 11 is 1.08. The number of benzene rings is 1. The van der Waals surface area contributed by atoms with Crippen LogP contribution in [0.25, 0.3) is 0 Å². The lowest BCUT2D eigenvalue weighted by molar-refractivity contribution is -0.118. The summed E-state index contributed by atoms with van der Waals surface area (Å²) in [5.74, 6) is 0.162. The fourth-order valence-corrected chi connectivity index (χ4v) is 3.01. The van der Waals surface area contributed by atoms with Crippen LogP contribution < -0.4 is 5.32 Å². The van der Waals surface area contributed by atoms with Crippen molar-refractivity contribution < 1.29 is 13.6 Å². The zero-order valence-electron chi connectivity index (χ0n) is 13.0. The molecule has 0 atom stereocenters. The molecule has 1 amide bonds. The van der Waals surface area contributed by atoms with E-state index in [2.05, 4.69) is 33.0 Å². The molecule has 2 nitrogen and oxygen atoms in total. The minimum absolute atomic E-state index is 0.130. The Balaban J connectivity index is 2.44. The van der Waals surface area contributed by atoms with Crippen LogP contribution in [0.3, 0.4) is 0 Å². The summed E-state index contributed by atoms with van der Waals surface area (Å²) in [4.78, 5) is 12.1. The van der Waals surface area contributed by atoms with E-state index in [1.807, 2.05) is 0 Å². The highest BCUT2D eigenvalue weighted by molar-refractivity contribution is 8.00. The van der Waals surface area contributed by atoms with Gasteiger partial charge in [-0.05, 0) is 29.9 Å². The molecule has 1 N–H and O–H groups in total. The molecule has 0 aliphatic heterocycles. The fourth-order valence-electron chi connectivity index (χ4n) is 2.26. The van der Waals surface area contributed by atoms with Gasteiger partial charge < -0.3 is 5.32 Å². The van der Waals surface area contributed by atoms with E-state index in [9.17, 15) is 13.6 Å². The number of halogens is 2. The Hall–Kier alpha value is -1.10. The maximum atomic E-state index is 13.4. The van der Waals surface area contributed by atoms with Gasteiger partial charge in [0.25, 0.3) is 0 Å². The maximum Gasteiger partial charge on any atom is 0.230 e. The van der Waals surface area contributed by atoms with Crippen molar-refractivity contribution in [2.24, 2.45) is 17.8 Å². The molecule has 0 bridgehead atoms. The van der Waals surface area contributed by atoms with Crippen LogP contribution in [0.15, 0.2) is 23.1 Å². The van der Waals surface area contributed by atoms with Gasteiger partial charge in [0.15, 0.2) is 0 Å². The van der Waals surface area contributed by atoms with Gasteiger partial charge in [-0.2, -0.15) is 0 Å². The van der Waals surface area contributed by atoms with Crippen LogP contribution in [0.1, 0.15) is 27.7 Å². The minimum atomic E-state index is -0.630. The summed E-state index contributed by atoms with van der Waals surface area (Å²) < 4.78 is 26.2. The zero-order chi connectivity index (χ0) is 16.0. The third-order valence-corrected chi connectivity index (χ3v) is 4.55. The lowest BCUT2D eigenvalue weighted by Crippen LogP contribution is -2.34. The van der Waals surface area contributed by atoms with E-state index in [4.69, 9.17) is 0 Å². The van der Waals surface area contributed by atoms with E-state index < -0.39 is 11.6 Å². The third-order valence-electron chi connectivity index (χ3n) is 3.50. The number of nitrogens with one attached hydrogen (secondary N) is 1. The number of thioether (sulfide) groups is 1. The number of rotatable bonds is 7. The molecule has 0 unspecified atom stereocenters. The Kier molecular flexibility index (Phi) is 7.15. The Labute approximate surface area is 129 Å². The Morgan fingerprint density at radius 2 is 1.81 bits per heavy atom. The first kappa shape index (κ1) is 18.0. The number of carbonyl (C=O) groups excluding carboxylic acids is 1. The van der Waals surface area contributed by atoms with Crippen LogP contribution in [0.2, 0.25) is 0 Å². The summed E-state index contributed by atoms with van der Waals surface area (Å²) in [6.45, 7) is 9.18. The highest BCUT2D eigenvalue weighted by atomic mass is 32.2. The van der Waals surface area contributed by atoms with E-state index in [0.29, 0.717) is 24.3 Å². The van der Waals surface area contributed by atoms with Crippen molar-refractivity contribution in [1.82, 2.24) is 5.32 Å². The van der Waals surface area contributed by atoms with Gasteiger partial charge in [-0.1, -0.05) is 27.7 Å². The zero-order valence-corrected chi connectivity index (χ0v) is 13.8. The molecule has 0 radical (unpaired) electrons. The van der Waals surface area contributed by atoms with Crippen LogP contribution in [0.5, 0.6) is 0 Å². The summed E-state index contributed by atoms with van der Waals surface area (Å²) in [7, 11) is 0. The van der Waals surface area contributed by atoms with Crippen molar-refractivity contribution in [3.63, 3.8) is 0 Å². The van der Waals surface area contributed by atoms with Crippen molar-refractivity contribution in [3.8, 4) is 0 Å². The first-order valence-corrected chi connectivity index (χ1v) is 8.14. The quantitative estimate of drug-likeness (QED) is 0.768. The summed E-state index contributed by atoms with van der Waals surface area (Å²) in [6, 6.07) is 3.37. The maximum absolute atomic E-state index is 13.4. The smallest absolute Gasteiger partial charge is 0.230 e. The molecule has 0 spiro atoms. The second-order valence-electron chi connectivity index (χ2n) is 5.82. The monoisotopic (exact) mass is 315 g/mol. The van der Waals surface area contributed by atoms with Crippen LogP contribution in [-0.2, 0) is 4.79 Å². The number of hydrogen-bond acceptors (Lipinski definition) is 2. The summed E-state index contributed by atoms with van der Waals surface area (Å²) in [6.07, 6.45) is 0. The van der Waals surface area contributed by atoms with Gasteiger partial charge in [-0.25, -0.2) is 8.78 Å². The summed E-state index contributed by atoms with van der Waals surface area (Å²) in [5, 5.41) is 2.89. The first-order valence-electron chi connectivity index (χ1n) is 7.15. The molecule has 0 saturated heterocycles. The topological polar surface area (TPSA) is 29.1 Å². The molecule has 21 heavy (non-hydrogen) atoms. The van der Waals surface area contributed by atoms with Crippen LogP contribution in [0.4, 0.5) is 8.78 Å². The summed E-state index contributed by atoms with van der Waals surface area (Å²) in [5.41, 5.74) is 0. The highest BCUT2D eigenvalue weighted by Crippen LogP contribution is 2.22. The third kappa shape index (κ3) is 6.04.